The molecule has 0 radical (unpaired) electrons. The number of esters is 1. The van der Waals surface area contributed by atoms with E-state index in [-0.39, 0.29) is 17.7 Å². The fraction of sp³-hybridized carbons (Fsp3) is 0.529. The van der Waals surface area contributed by atoms with Gasteiger partial charge in [-0.3, -0.25) is 14.5 Å². The maximum Gasteiger partial charge on any atom is 0.320 e. The van der Waals surface area contributed by atoms with Crippen molar-refractivity contribution in [3.8, 4) is 0 Å². The van der Waals surface area contributed by atoms with Gasteiger partial charge in [0.15, 0.2) is 5.78 Å². The van der Waals surface area contributed by atoms with Gasteiger partial charge in [-0.1, -0.05) is 30.3 Å². The van der Waals surface area contributed by atoms with Crippen LogP contribution in [0.3, 0.4) is 0 Å². The minimum Gasteiger partial charge on any atom is -0.465 e. The molecule has 1 saturated carbocycles. The van der Waals surface area contributed by atoms with Crippen molar-refractivity contribution in [1.82, 2.24) is 4.90 Å². The molecule has 2 fully saturated rings. The first kappa shape index (κ1) is 14.3. The second-order valence-corrected chi connectivity index (χ2v) is 6.06. The standard InChI is InChI=1S/C17H21NO3/c1-2-21-16(20)17-9-8-14(15(17)19)11-18(12-17)10-13-6-4-3-5-7-13/h3-7,14H,2,8-12H2,1H3/t14-,17-/m1/s1. The van der Waals surface area contributed by atoms with Crippen LogP contribution in [0.15, 0.2) is 30.3 Å². The van der Waals surface area contributed by atoms with Crippen LogP contribution in [0.5, 0.6) is 0 Å². The molecule has 2 aliphatic rings. The number of Topliss-reactive ketones (excluding diaryl/α,β-unsaturated/α-hetero) is 1. The zero-order chi connectivity index (χ0) is 14.9. The van der Waals surface area contributed by atoms with E-state index in [0.29, 0.717) is 19.6 Å². The van der Waals surface area contributed by atoms with Crippen molar-refractivity contribution in [3.05, 3.63) is 35.9 Å². The largest absolute Gasteiger partial charge is 0.465 e. The van der Waals surface area contributed by atoms with Gasteiger partial charge in [-0.15, -0.1) is 0 Å². The summed E-state index contributed by atoms with van der Waals surface area (Å²) in [5, 5.41) is 0. The van der Waals surface area contributed by atoms with Crippen molar-refractivity contribution in [2.45, 2.75) is 26.3 Å². The third kappa shape index (κ3) is 2.48. The number of hydrogen-bond donors (Lipinski definition) is 0. The molecular weight excluding hydrogens is 266 g/mol. The first-order valence-corrected chi connectivity index (χ1v) is 7.63. The monoisotopic (exact) mass is 287 g/mol. The fourth-order valence-electron chi connectivity index (χ4n) is 3.65. The van der Waals surface area contributed by atoms with E-state index >= 15 is 0 Å². The van der Waals surface area contributed by atoms with E-state index in [1.54, 1.807) is 6.92 Å². The van der Waals surface area contributed by atoms with Crippen LogP contribution in [0.25, 0.3) is 0 Å². The Bertz CT molecular complexity index is 542. The maximum atomic E-state index is 12.5. The number of ketones is 1. The lowest BCUT2D eigenvalue weighted by Crippen LogP contribution is -2.53. The molecule has 2 bridgehead atoms. The van der Waals surface area contributed by atoms with Gasteiger partial charge in [-0.25, -0.2) is 0 Å². The molecule has 4 heteroatoms. The Kier molecular flexibility index (Phi) is 3.81. The van der Waals surface area contributed by atoms with Crippen molar-refractivity contribution in [2.24, 2.45) is 11.3 Å². The first-order valence-electron chi connectivity index (χ1n) is 7.63. The van der Waals surface area contributed by atoms with Gasteiger partial charge in [-0.2, -0.15) is 0 Å². The highest BCUT2D eigenvalue weighted by Crippen LogP contribution is 2.44. The number of benzene rings is 1. The average Bonchev–Trinajstić information content (AvgIpc) is 2.69. The minimum atomic E-state index is -0.909. The van der Waals surface area contributed by atoms with E-state index in [2.05, 4.69) is 17.0 Å². The fourth-order valence-corrected chi connectivity index (χ4v) is 3.65. The maximum absolute atomic E-state index is 12.5. The Balaban J connectivity index is 1.78. The van der Waals surface area contributed by atoms with Gasteiger partial charge in [0, 0.05) is 25.6 Å². The van der Waals surface area contributed by atoms with Crippen LogP contribution < -0.4 is 0 Å². The number of likely N-dealkylation sites (tertiary alicyclic amines) is 1. The van der Waals surface area contributed by atoms with E-state index in [1.807, 2.05) is 18.2 Å². The molecule has 1 heterocycles. The number of ether oxygens (including phenoxy) is 1. The zero-order valence-electron chi connectivity index (χ0n) is 12.4. The summed E-state index contributed by atoms with van der Waals surface area (Å²) in [5.74, 6) is -0.229. The molecule has 0 aromatic heterocycles. The van der Waals surface area contributed by atoms with E-state index in [4.69, 9.17) is 4.74 Å². The normalized spacial score (nSPS) is 28.6. The summed E-state index contributed by atoms with van der Waals surface area (Å²) >= 11 is 0. The molecule has 4 nitrogen and oxygen atoms in total. The number of carbonyl (C=O) groups is 2. The number of rotatable bonds is 4. The van der Waals surface area contributed by atoms with Gasteiger partial charge < -0.3 is 4.74 Å². The summed E-state index contributed by atoms with van der Waals surface area (Å²) in [5.41, 5.74) is 0.304. The highest BCUT2D eigenvalue weighted by Gasteiger charge is 2.58. The summed E-state index contributed by atoms with van der Waals surface area (Å²) in [4.78, 5) is 27.0. The average molecular weight is 287 g/mol. The van der Waals surface area contributed by atoms with Crippen molar-refractivity contribution in [2.75, 3.05) is 19.7 Å². The third-order valence-electron chi connectivity index (χ3n) is 4.65. The lowest BCUT2D eigenvalue weighted by atomic mass is 9.80. The smallest absolute Gasteiger partial charge is 0.320 e. The molecule has 0 spiro atoms. The van der Waals surface area contributed by atoms with Crippen molar-refractivity contribution < 1.29 is 14.3 Å². The number of hydrogen-bond acceptors (Lipinski definition) is 4. The Labute approximate surface area is 125 Å². The number of piperidine rings is 1. The number of nitrogens with zero attached hydrogens (tertiary/aromatic N) is 1. The molecule has 1 aromatic carbocycles. The molecule has 2 atom stereocenters. The highest BCUT2D eigenvalue weighted by molar-refractivity contribution is 6.07. The lowest BCUT2D eigenvalue weighted by Gasteiger charge is -2.37. The Hall–Kier alpha value is -1.68. The SMILES string of the molecule is CCOC(=O)[C@]12CC[C@H](CN(Cc3ccccc3)C1)C2=O. The van der Waals surface area contributed by atoms with E-state index < -0.39 is 5.41 Å². The van der Waals surface area contributed by atoms with Crippen LogP contribution in [0, 0.1) is 11.3 Å². The van der Waals surface area contributed by atoms with Crippen molar-refractivity contribution in [3.63, 3.8) is 0 Å². The van der Waals surface area contributed by atoms with Crippen LogP contribution in [0.4, 0.5) is 0 Å². The highest BCUT2D eigenvalue weighted by atomic mass is 16.5. The molecule has 21 heavy (non-hydrogen) atoms. The van der Waals surface area contributed by atoms with Crippen LogP contribution in [0.2, 0.25) is 0 Å². The molecule has 3 rings (SSSR count). The lowest BCUT2D eigenvalue weighted by molar-refractivity contribution is -0.163. The predicted octanol–water partition coefficient (Wildman–Crippen LogP) is 2.03. The summed E-state index contributed by atoms with van der Waals surface area (Å²) in [6.45, 7) is 4.16. The van der Waals surface area contributed by atoms with Crippen molar-refractivity contribution >= 4 is 11.8 Å². The van der Waals surface area contributed by atoms with E-state index in [0.717, 1.165) is 19.5 Å². The number of carbonyl (C=O) groups excluding carboxylic acids is 2. The minimum absolute atomic E-state index is 0.00753. The van der Waals surface area contributed by atoms with Gasteiger partial charge in [0.2, 0.25) is 0 Å². The summed E-state index contributed by atoms with van der Waals surface area (Å²) in [6.07, 6.45) is 1.45. The van der Waals surface area contributed by atoms with Crippen LogP contribution in [-0.4, -0.2) is 36.3 Å². The van der Waals surface area contributed by atoms with Crippen molar-refractivity contribution in [1.29, 1.82) is 0 Å². The predicted molar refractivity (Wildman–Crippen MR) is 78.5 cm³/mol. The molecule has 1 aliphatic carbocycles. The molecule has 0 amide bonds. The molecular formula is C17H21NO3. The molecule has 0 unspecified atom stereocenters. The Morgan fingerprint density at radius 1 is 1.38 bits per heavy atom. The summed E-state index contributed by atoms with van der Waals surface area (Å²) in [6, 6.07) is 10.2. The van der Waals surface area contributed by atoms with Crippen LogP contribution >= 0.6 is 0 Å². The molecule has 1 aromatic rings. The van der Waals surface area contributed by atoms with Gasteiger partial charge in [0.1, 0.15) is 5.41 Å². The van der Waals surface area contributed by atoms with E-state index in [9.17, 15) is 9.59 Å². The second-order valence-electron chi connectivity index (χ2n) is 6.06. The molecule has 112 valence electrons. The number of fused-ring (bicyclic) bond motifs is 2. The van der Waals surface area contributed by atoms with Crippen LogP contribution in [-0.2, 0) is 20.9 Å². The van der Waals surface area contributed by atoms with Gasteiger partial charge in [-0.05, 0) is 25.3 Å². The van der Waals surface area contributed by atoms with Gasteiger partial charge >= 0.3 is 5.97 Å². The summed E-state index contributed by atoms with van der Waals surface area (Å²) < 4.78 is 5.18. The Morgan fingerprint density at radius 3 is 2.86 bits per heavy atom. The Morgan fingerprint density at radius 2 is 2.14 bits per heavy atom. The summed E-state index contributed by atoms with van der Waals surface area (Å²) in [7, 11) is 0. The van der Waals surface area contributed by atoms with E-state index in [1.165, 1.54) is 5.56 Å². The second kappa shape index (κ2) is 5.60. The zero-order valence-corrected chi connectivity index (χ0v) is 12.4. The molecule has 1 aliphatic heterocycles. The topological polar surface area (TPSA) is 46.6 Å². The van der Waals surface area contributed by atoms with Crippen LogP contribution in [0.1, 0.15) is 25.3 Å². The molecule has 1 saturated heterocycles. The van der Waals surface area contributed by atoms with Gasteiger partial charge in [0.25, 0.3) is 0 Å². The molecule has 0 N–H and O–H groups in total. The van der Waals surface area contributed by atoms with Gasteiger partial charge in [0.05, 0.1) is 6.61 Å². The first-order chi connectivity index (χ1) is 10.2. The third-order valence-corrected chi connectivity index (χ3v) is 4.65. The quantitative estimate of drug-likeness (QED) is 0.628.